The van der Waals surface area contributed by atoms with E-state index in [4.69, 9.17) is 11.6 Å². The quantitative estimate of drug-likeness (QED) is 0.633. The van der Waals surface area contributed by atoms with Gasteiger partial charge in [-0.3, -0.25) is 4.98 Å². The van der Waals surface area contributed by atoms with Crippen molar-refractivity contribution in [1.82, 2.24) is 9.55 Å². The van der Waals surface area contributed by atoms with Gasteiger partial charge in [0.15, 0.2) is 0 Å². The number of rotatable bonds is 1. The number of hydrogen-bond acceptors (Lipinski definition) is 1. The van der Waals surface area contributed by atoms with Crippen LogP contribution >= 0.6 is 11.6 Å². The lowest BCUT2D eigenvalue weighted by Crippen LogP contribution is -1.92. The minimum Gasteiger partial charge on any atom is -0.342 e. The molecule has 0 atom stereocenters. The highest BCUT2D eigenvalue weighted by Gasteiger charge is 2.08. The normalized spacial score (nSPS) is 10.9. The first-order valence-corrected chi connectivity index (χ1v) is 5.80. The van der Waals surface area contributed by atoms with Gasteiger partial charge in [0.25, 0.3) is 0 Å². The number of benzene rings is 1. The monoisotopic (exact) mass is 242 g/mol. The minimum atomic E-state index is 0.760. The van der Waals surface area contributed by atoms with Gasteiger partial charge >= 0.3 is 0 Å². The molecule has 0 aliphatic heterocycles. The molecular formula is C14H11ClN2. The smallest absolute Gasteiger partial charge is 0.0866 e. The Morgan fingerprint density at radius 3 is 2.76 bits per heavy atom. The number of aryl methyl sites for hydroxylation is 1. The number of aromatic nitrogens is 2. The molecule has 0 radical (unpaired) electrons. The molecule has 3 heteroatoms. The summed E-state index contributed by atoms with van der Waals surface area (Å²) < 4.78 is 2.13. The van der Waals surface area contributed by atoms with Gasteiger partial charge in [-0.2, -0.15) is 0 Å². The molecule has 0 unspecified atom stereocenters. The first kappa shape index (κ1) is 10.4. The van der Waals surface area contributed by atoms with Crippen molar-refractivity contribution in [2.24, 2.45) is 7.05 Å². The van der Waals surface area contributed by atoms with Gasteiger partial charge in [-0.1, -0.05) is 17.7 Å². The molecule has 0 aliphatic rings. The summed E-state index contributed by atoms with van der Waals surface area (Å²) >= 11 is 6.00. The Kier molecular flexibility index (Phi) is 2.37. The van der Waals surface area contributed by atoms with Crippen LogP contribution in [0.5, 0.6) is 0 Å². The zero-order valence-electron chi connectivity index (χ0n) is 9.39. The summed E-state index contributed by atoms with van der Waals surface area (Å²) in [6.07, 6.45) is 1.81. The van der Waals surface area contributed by atoms with Crippen LogP contribution in [0.3, 0.4) is 0 Å². The largest absolute Gasteiger partial charge is 0.342 e. The predicted molar refractivity (Wildman–Crippen MR) is 71.2 cm³/mol. The molecule has 0 bridgehead atoms. The third kappa shape index (κ3) is 1.71. The van der Waals surface area contributed by atoms with Crippen molar-refractivity contribution < 1.29 is 0 Å². The van der Waals surface area contributed by atoms with Crippen molar-refractivity contribution in [1.29, 1.82) is 0 Å². The summed E-state index contributed by atoms with van der Waals surface area (Å²) in [5.74, 6) is 0. The minimum absolute atomic E-state index is 0.760. The van der Waals surface area contributed by atoms with Crippen LogP contribution in [0, 0.1) is 0 Å². The zero-order chi connectivity index (χ0) is 11.8. The van der Waals surface area contributed by atoms with Crippen LogP contribution in [0.1, 0.15) is 0 Å². The van der Waals surface area contributed by atoms with Gasteiger partial charge in [-0.05, 0) is 36.4 Å². The molecule has 2 nitrogen and oxygen atoms in total. The van der Waals surface area contributed by atoms with Crippen molar-refractivity contribution in [2.75, 3.05) is 0 Å². The second kappa shape index (κ2) is 3.90. The van der Waals surface area contributed by atoms with Gasteiger partial charge in [0.05, 0.1) is 11.4 Å². The highest BCUT2D eigenvalue weighted by atomic mass is 35.5. The van der Waals surface area contributed by atoms with Gasteiger partial charge in [0.1, 0.15) is 0 Å². The number of hydrogen-bond donors (Lipinski definition) is 0. The molecule has 0 saturated carbocycles. The molecule has 0 aliphatic carbocycles. The highest BCUT2D eigenvalue weighted by molar-refractivity contribution is 6.31. The molecular weight excluding hydrogens is 232 g/mol. The molecule has 2 aromatic heterocycles. The van der Waals surface area contributed by atoms with Gasteiger partial charge < -0.3 is 4.57 Å². The summed E-state index contributed by atoms with van der Waals surface area (Å²) in [6, 6.07) is 14.0. The molecule has 3 rings (SSSR count). The van der Waals surface area contributed by atoms with E-state index in [2.05, 4.69) is 15.6 Å². The van der Waals surface area contributed by atoms with Crippen molar-refractivity contribution in [2.45, 2.75) is 0 Å². The number of pyridine rings is 1. The van der Waals surface area contributed by atoms with Crippen molar-refractivity contribution in [3.63, 3.8) is 0 Å². The summed E-state index contributed by atoms with van der Waals surface area (Å²) in [7, 11) is 2.04. The Balaban J connectivity index is 2.28. The average Bonchev–Trinajstić information content (AvgIpc) is 2.67. The maximum atomic E-state index is 6.00. The topological polar surface area (TPSA) is 17.8 Å². The van der Waals surface area contributed by atoms with Crippen LogP contribution in [-0.4, -0.2) is 9.55 Å². The van der Waals surface area contributed by atoms with Gasteiger partial charge in [0.2, 0.25) is 0 Å². The maximum Gasteiger partial charge on any atom is 0.0866 e. The molecule has 17 heavy (non-hydrogen) atoms. The van der Waals surface area contributed by atoms with E-state index in [0.29, 0.717) is 0 Å². The first-order valence-electron chi connectivity index (χ1n) is 5.42. The van der Waals surface area contributed by atoms with E-state index in [1.807, 2.05) is 43.4 Å². The molecule has 84 valence electrons. The number of nitrogens with zero attached hydrogens (tertiary/aromatic N) is 2. The van der Waals surface area contributed by atoms with Crippen molar-refractivity contribution in [3.05, 3.63) is 53.7 Å². The lowest BCUT2D eigenvalue weighted by atomic mass is 10.2. The van der Waals surface area contributed by atoms with Gasteiger partial charge in [-0.25, -0.2) is 0 Å². The van der Waals surface area contributed by atoms with E-state index in [1.165, 1.54) is 0 Å². The third-order valence-electron chi connectivity index (χ3n) is 2.93. The second-order valence-electron chi connectivity index (χ2n) is 4.01. The molecule has 0 N–H and O–H groups in total. The fourth-order valence-electron chi connectivity index (χ4n) is 2.08. The van der Waals surface area contributed by atoms with Gasteiger partial charge in [-0.15, -0.1) is 0 Å². The molecule has 1 aromatic carbocycles. The van der Waals surface area contributed by atoms with E-state index < -0.39 is 0 Å². The first-order chi connectivity index (χ1) is 8.25. The fraction of sp³-hybridized carbons (Fsp3) is 0.0714. The fourth-order valence-corrected chi connectivity index (χ4v) is 2.26. The maximum absolute atomic E-state index is 6.00. The van der Waals surface area contributed by atoms with E-state index >= 15 is 0 Å². The third-order valence-corrected chi connectivity index (χ3v) is 3.17. The molecule has 0 fully saturated rings. The van der Waals surface area contributed by atoms with E-state index in [-0.39, 0.29) is 0 Å². The Morgan fingerprint density at radius 2 is 2.00 bits per heavy atom. The van der Waals surface area contributed by atoms with Crippen LogP contribution in [0.25, 0.3) is 22.3 Å². The van der Waals surface area contributed by atoms with E-state index in [0.717, 1.165) is 27.3 Å². The SMILES string of the molecule is Cn1c(-c2ccccn2)cc2cc(Cl)ccc21. The Hall–Kier alpha value is -1.80. The molecule has 0 amide bonds. The molecule has 0 saturated heterocycles. The van der Waals surface area contributed by atoms with Crippen LogP contribution in [-0.2, 0) is 7.05 Å². The molecule has 0 spiro atoms. The standard InChI is InChI=1S/C14H11ClN2/c1-17-13-6-5-11(15)8-10(13)9-14(17)12-4-2-3-7-16-12/h2-9H,1H3. The summed E-state index contributed by atoms with van der Waals surface area (Å²) in [5, 5.41) is 1.90. The number of halogens is 1. The van der Waals surface area contributed by atoms with Crippen LogP contribution in [0.2, 0.25) is 5.02 Å². The summed E-state index contributed by atoms with van der Waals surface area (Å²) in [6.45, 7) is 0. The molecule has 2 heterocycles. The highest BCUT2D eigenvalue weighted by Crippen LogP contribution is 2.27. The second-order valence-corrected chi connectivity index (χ2v) is 4.44. The zero-order valence-corrected chi connectivity index (χ0v) is 10.1. The van der Waals surface area contributed by atoms with E-state index in [9.17, 15) is 0 Å². The summed E-state index contributed by atoms with van der Waals surface area (Å²) in [5.41, 5.74) is 3.24. The Morgan fingerprint density at radius 1 is 1.12 bits per heavy atom. The average molecular weight is 243 g/mol. The lowest BCUT2D eigenvalue weighted by Gasteiger charge is -2.02. The van der Waals surface area contributed by atoms with E-state index in [1.54, 1.807) is 6.20 Å². The number of fused-ring (bicyclic) bond motifs is 1. The Bertz CT molecular complexity index is 671. The van der Waals surface area contributed by atoms with Crippen molar-refractivity contribution in [3.8, 4) is 11.4 Å². The van der Waals surface area contributed by atoms with Crippen LogP contribution in [0.4, 0.5) is 0 Å². The molecule has 3 aromatic rings. The van der Waals surface area contributed by atoms with Crippen LogP contribution < -0.4 is 0 Å². The van der Waals surface area contributed by atoms with Crippen molar-refractivity contribution >= 4 is 22.5 Å². The predicted octanol–water partition coefficient (Wildman–Crippen LogP) is 3.89. The Labute approximate surface area is 104 Å². The summed E-state index contributed by atoms with van der Waals surface area (Å²) in [4.78, 5) is 4.37. The van der Waals surface area contributed by atoms with Crippen LogP contribution in [0.15, 0.2) is 48.7 Å². The lowest BCUT2D eigenvalue weighted by molar-refractivity contribution is 0.970. The van der Waals surface area contributed by atoms with Gasteiger partial charge in [0, 0.05) is 29.2 Å².